The fourth-order valence-corrected chi connectivity index (χ4v) is 1.95. The molecule has 0 fully saturated rings. The van der Waals surface area contributed by atoms with E-state index in [9.17, 15) is 5.11 Å². The number of nitrogens with one attached hydrogen (secondary N) is 1. The molecule has 0 aliphatic rings. The number of hydrogen-bond acceptors (Lipinski definition) is 3. The van der Waals surface area contributed by atoms with Crippen LogP contribution in [0.25, 0.3) is 0 Å². The molecule has 0 saturated carbocycles. The van der Waals surface area contributed by atoms with Crippen molar-refractivity contribution in [3.63, 3.8) is 0 Å². The van der Waals surface area contributed by atoms with Gasteiger partial charge in [-0.15, -0.1) is 6.42 Å². The Bertz CT molecular complexity index is 637. The van der Waals surface area contributed by atoms with Gasteiger partial charge in [-0.25, -0.2) is 0 Å². The Morgan fingerprint density at radius 3 is 2.81 bits per heavy atom. The van der Waals surface area contributed by atoms with Crippen molar-refractivity contribution in [3.8, 4) is 18.1 Å². The highest BCUT2D eigenvalue weighted by Gasteiger charge is 2.07. The van der Waals surface area contributed by atoms with Crippen molar-refractivity contribution in [2.75, 3.05) is 18.5 Å². The first-order valence-corrected chi connectivity index (χ1v) is 6.93. The third-order valence-electron chi connectivity index (χ3n) is 2.84. The second-order valence-electron chi connectivity index (χ2n) is 4.50. The summed E-state index contributed by atoms with van der Waals surface area (Å²) in [5, 5.41) is 13.6. The quantitative estimate of drug-likeness (QED) is 0.805. The van der Waals surface area contributed by atoms with Gasteiger partial charge in [-0.3, -0.25) is 0 Å². The molecule has 0 aliphatic heterocycles. The number of para-hydroxylation sites is 1. The molecule has 1 unspecified atom stereocenters. The van der Waals surface area contributed by atoms with Crippen LogP contribution in [0.5, 0.6) is 5.75 Å². The van der Waals surface area contributed by atoms with Crippen molar-refractivity contribution in [2.24, 2.45) is 0 Å². The van der Waals surface area contributed by atoms with Gasteiger partial charge in [0.15, 0.2) is 0 Å². The number of benzene rings is 2. The Morgan fingerprint density at radius 2 is 2.05 bits per heavy atom. The van der Waals surface area contributed by atoms with Crippen LogP contribution in [0.1, 0.15) is 5.56 Å². The van der Waals surface area contributed by atoms with E-state index in [1.165, 1.54) is 0 Å². The number of aliphatic hydroxyl groups excluding tert-OH is 1. The van der Waals surface area contributed by atoms with Gasteiger partial charge in [0, 0.05) is 17.8 Å². The molecule has 0 heterocycles. The maximum absolute atomic E-state index is 9.92. The molecular weight excluding hydrogens is 286 g/mol. The van der Waals surface area contributed by atoms with Crippen LogP contribution in [0.2, 0.25) is 5.02 Å². The molecule has 2 aromatic carbocycles. The van der Waals surface area contributed by atoms with E-state index in [-0.39, 0.29) is 6.61 Å². The molecule has 3 nitrogen and oxygen atoms in total. The zero-order valence-electron chi connectivity index (χ0n) is 11.4. The summed E-state index contributed by atoms with van der Waals surface area (Å²) in [5.41, 5.74) is 1.66. The monoisotopic (exact) mass is 301 g/mol. The average molecular weight is 302 g/mol. The van der Waals surface area contributed by atoms with Crippen molar-refractivity contribution >= 4 is 17.3 Å². The summed E-state index contributed by atoms with van der Waals surface area (Å²) in [6.07, 6.45) is 4.68. The number of halogens is 1. The van der Waals surface area contributed by atoms with E-state index in [1.54, 1.807) is 12.1 Å². The number of rotatable bonds is 6. The van der Waals surface area contributed by atoms with Crippen LogP contribution >= 0.6 is 11.6 Å². The third kappa shape index (κ3) is 4.71. The zero-order valence-corrected chi connectivity index (χ0v) is 12.2. The summed E-state index contributed by atoms with van der Waals surface area (Å²) in [6, 6.07) is 14.6. The van der Waals surface area contributed by atoms with Crippen LogP contribution in [0.4, 0.5) is 5.69 Å². The normalized spacial score (nSPS) is 11.5. The molecule has 1 atom stereocenters. The van der Waals surface area contributed by atoms with Gasteiger partial charge in [0.2, 0.25) is 0 Å². The summed E-state index contributed by atoms with van der Waals surface area (Å²) in [4.78, 5) is 0. The fraction of sp³-hybridized carbons (Fsp3) is 0.176. The van der Waals surface area contributed by atoms with Crippen LogP contribution in [0, 0.1) is 12.3 Å². The second-order valence-corrected chi connectivity index (χ2v) is 4.91. The van der Waals surface area contributed by atoms with E-state index in [1.807, 2.05) is 36.4 Å². The van der Waals surface area contributed by atoms with E-state index in [0.29, 0.717) is 17.3 Å². The van der Waals surface area contributed by atoms with Crippen LogP contribution in [0.15, 0.2) is 48.5 Å². The standard InChI is InChI=1S/C17H16ClNO2/c1-2-13-6-5-7-14(10-13)19-11-15(20)12-21-17-9-4-3-8-16(17)18/h1,3-10,15,19-20H,11-12H2. The fourth-order valence-electron chi connectivity index (χ4n) is 1.76. The number of ether oxygens (including phenoxy) is 1. The summed E-state index contributed by atoms with van der Waals surface area (Å²) >= 11 is 5.97. The van der Waals surface area contributed by atoms with Gasteiger partial charge in [-0.05, 0) is 30.3 Å². The summed E-state index contributed by atoms with van der Waals surface area (Å²) in [5.74, 6) is 3.13. The highest BCUT2D eigenvalue weighted by atomic mass is 35.5. The van der Waals surface area contributed by atoms with Crippen LogP contribution in [-0.2, 0) is 0 Å². The molecule has 108 valence electrons. The molecule has 4 heteroatoms. The number of anilines is 1. The van der Waals surface area contributed by atoms with E-state index in [4.69, 9.17) is 22.8 Å². The Kier molecular flexibility index (Phi) is 5.51. The van der Waals surface area contributed by atoms with Crippen molar-refractivity contribution in [3.05, 3.63) is 59.1 Å². The maximum Gasteiger partial charge on any atom is 0.138 e. The van der Waals surface area contributed by atoms with E-state index < -0.39 is 6.10 Å². The molecule has 0 aliphatic carbocycles. The first kappa shape index (κ1) is 15.2. The third-order valence-corrected chi connectivity index (χ3v) is 3.15. The SMILES string of the molecule is C#Cc1cccc(NCC(O)COc2ccccc2Cl)c1. The molecule has 2 aromatic rings. The van der Waals surface area contributed by atoms with Gasteiger partial charge in [0.05, 0.1) is 5.02 Å². The van der Waals surface area contributed by atoms with Crippen molar-refractivity contribution in [1.29, 1.82) is 0 Å². The highest BCUT2D eigenvalue weighted by molar-refractivity contribution is 6.32. The van der Waals surface area contributed by atoms with Gasteiger partial charge < -0.3 is 15.2 Å². The Hall–Kier alpha value is -2.15. The molecule has 2 rings (SSSR count). The van der Waals surface area contributed by atoms with Gasteiger partial charge in [-0.2, -0.15) is 0 Å². The molecule has 0 saturated heterocycles. The predicted octanol–water partition coefficient (Wildman–Crippen LogP) is 3.17. The van der Waals surface area contributed by atoms with Gasteiger partial charge in [0.1, 0.15) is 18.5 Å². The number of terminal acetylenes is 1. The zero-order chi connectivity index (χ0) is 15.1. The minimum atomic E-state index is -0.657. The van der Waals surface area contributed by atoms with Gasteiger partial charge >= 0.3 is 0 Å². The van der Waals surface area contributed by atoms with Crippen LogP contribution in [-0.4, -0.2) is 24.4 Å². The first-order valence-electron chi connectivity index (χ1n) is 6.55. The number of hydrogen-bond donors (Lipinski definition) is 2. The van der Waals surface area contributed by atoms with Gasteiger partial charge in [0.25, 0.3) is 0 Å². The molecule has 2 N–H and O–H groups in total. The Balaban J connectivity index is 1.81. The molecule has 0 amide bonds. The molecular formula is C17H16ClNO2. The molecule has 0 radical (unpaired) electrons. The van der Waals surface area contributed by atoms with Crippen molar-refractivity contribution in [2.45, 2.75) is 6.10 Å². The lowest BCUT2D eigenvalue weighted by molar-refractivity contribution is 0.117. The van der Waals surface area contributed by atoms with Crippen LogP contribution in [0.3, 0.4) is 0 Å². The first-order chi connectivity index (χ1) is 10.2. The minimum absolute atomic E-state index is 0.158. The molecule has 0 aromatic heterocycles. The maximum atomic E-state index is 9.92. The van der Waals surface area contributed by atoms with Crippen molar-refractivity contribution in [1.82, 2.24) is 0 Å². The van der Waals surface area contributed by atoms with Gasteiger partial charge in [-0.1, -0.05) is 35.7 Å². The minimum Gasteiger partial charge on any atom is -0.489 e. The van der Waals surface area contributed by atoms with Crippen LogP contribution < -0.4 is 10.1 Å². The molecule has 0 spiro atoms. The average Bonchev–Trinajstić information content (AvgIpc) is 2.52. The Labute approximate surface area is 129 Å². The lowest BCUT2D eigenvalue weighted by Gasteiger charge is -2.14. The van der Waals surface area contributed by atoms with E-state index >= 15 is 0 Å². The molecule has 21 heavy (non-hydrogen) atoms. The molecule has 0 bridgehead atoms. The van der Waals surface area contributed by atoms with E-state index in [2.05, 4.69) is 11.2 Å². The highest BCUT2D eigenvalue weighted by Crippen LogP contribution is 2.23. The van der Waals surface area contributed by atoms with Crippen molar-refractivity contribution < 1.29 is 9.84 Å². The largest absolute Gasteiger partial charge is 0.489 e. The predicted molar refractivity (Wildman–Crippen MR) is 85.8 cm³/mol. The van der Waals surface area contributed by atoms with E-state index in [0.717, 1.165) is 11.3 Å². The lowest BCUT2D eigenvalue weighted by atomic mass is 10.2. The lowest BCUT2D eigenvalue weighted by Crippen LogP contribution is -2.26. The number of aliphatic hydroxyl groups is 1. The summed E-state index contributed by atoms with van der Waals surface area (Å²) in [7, 11) is 0. The summed E-state index contributed by atoms with van der Waals surface area (Å²) in [6.45, 7) is 0.518. The topological polar surface area (TPSA) is 41.5 Å². The second kappa shape index (κ2) is 7.58. The Morgan fingerprint density at radius 1 is 1.24 bits per heavy atom. The smallest absolute Gasteiger partial charge is 0.138 e. The summed E-state index contributed by atoms with van der Waals surface area (Å²) < 4.78 is 5.48.